The third-order valence-electron chi connectivity index (χ3n) is 3.99. The van der Waals surface area contributed by atoms with E-state index >= 15 is 0 Å². The number of aromatic nitrogens is 1. The van der Waals surface area contributed by atoms with E-state index in [-0.39, 0.29) is 0 Å². The van der Waals surface area contributed by atoms with Gasteiger partial charge in [0.25, 0.3) is 0 Å². The molecule has 142 valence electrons. The van der Waals surface area contributed by atoms with Gasteiger partial charge in [0.05, 0.1) is 20.2 Å². The second-order valence-corrected chi connectivity index (χ2v) is 6.36. The lowest BCUT2D eigenvalue weighted by atomic mass is 9.96. The molecule has 2 rings (SSSR count). The largest absolute Gasteiger partial charge is 0.481 e. The maximum Gasteiger partial charge on any atom is 0.213 e. The molecule has 0 amide bonds. The van der Waals surface area contributed by atoms with E-state index in [1.54, 1.807) is 20.2 Å². The van der Waals surface area contributed by atoms with Gasteiger partial charge in [-0.3, -0.25) is 0 Å². The summed E-state index contributed by atoms with van der Waals surface area (Å²) in [6.07, 6.45) is 1.69. The van der Waals surface area contributed by atoms with Crippen LogP contribution in [0.1, 0.15) is 36.5 Å². The number of aryl methyl sites for hydroxylation is 2. The van der Waals surface area contributed by atoms with Crippen LogP contribution < -0.4 is 15.4 Å². The fraction of sp³-hybridized carbons (Fsp3) is 0.474. The number of pyridine rings is 1. The number of nitrogens with one attached hydrogen (secondary N) is 2. The number of aliphatic hydroxyl groups is 1. The summed E-state index contributed by atoms with van der Waals surface area (Å²) < 4.78 is 10.7. The van der Waals surface area contributed by atoms with Gasteiger partial charge in [-0.2, -0.15) is 0 Å². The van der Waals surface area contributed by atoms with E-state index in [4.69, 9.17) is 9.15 Å². The lowest BCUT2D eigenvalue weighted by Gasteiger charge is -2.24. The maximum atomic E-state index is 10.8. The Kier molecular flexibility index (Phi) is 6.63. The smallest absolute Gasteiger partial charge is 0.213 e. The summed E-state index contributed by atoms with van der Waals surface area (Å²) >= 11 is 0. The maximum absolute atomic E-state index is 10.8. The molecule has 1 unspecified atom stereocenters. The van der Waals surface area contributed by atoms with Crippen LogP contribution in [0.4, 0.5) is 0 Å². The van der Waals surface area contributed by atoms with Crippen LogP contribution in [0, 0.1) is 13.8 Å². The molecule has 0 spiro atoms. The fourth-order valence-corrected chi connectivity index (χ4v) is 2.69. The number of methoxy groups -OCH3 is 1. The number of hydrogen-bond acceptors (Lipinski definition) is 5. The first-order valence-electron chi connectivity index (χ1n) is 8.66. The monoisotopic (exact) mass is 360 g/mol. The van der Waals surface area contributed by atoms with Crippen LogP contribution in [0.2, 0.25) is 0 Å². The zero-order valence-electron chi connectivity index (χ0n) is 16.1. The first-order valence-corrected chi connectivity index (χ1v) is 8.66. The summed E-state index contributed by atoms with van der Waals surface area (Å²) in [5.74, 6) is 2.69. The molecule has 7 nitrogen and oxygen atoms in total. The van der Waals surface area contributed by atoms with Crippen LogP contribution in [-0.2, 0) is 12.1 Å². The number of ether oxygens (including phenoxy) is 1. The Hall–Kier alpha value is -2.54. The van der Waals surface area contributed by atoms with Crippen molar-refractivity contribution >= 4 is 5.96 Å². The van der Waals surface area contributed by atoms with Crippen molar-refractivity contribution in [2.75, 3.05) is 20.2 Å². The minimum Gasteiger partial charge on any atom is -0.481 e. The highest BCUT2D eigenvalue weighted by molar-refractivity contribution is 5.79. The van der Waals surface area contributed by atoms with Crippen molar-refractivity contribution in [3.05, 3.63) is 47.0 Å². The third-order valence-corrected chi connectivity index (χ3v) is 3.99. The summed E-state index contributed by atoms with van der Waals surface area (Å²) in [6, 6.07) is 5.61. The minimum atomic E-state index is -1.07. The second-order valence-electron chi connectivity index (χ2n) is 6.36. The predicted octanol–water partition coefficient (Wildman–Crippen LogP) is 2.26. The Morgan fingerprint density at radius 1 is 1.35 bits per heavy atom. The van der Waals surface area contributed by atoms with Crippen molar-refractivity contribution in [3.63, 3.8) is 0 Å². The predicted molar refractivity (Wildman–Crippen MR) is 101 cm³/mol. The van der Waals surface area contributed by atoms with Crippen LogP contribution >= 0.6 is 0 Å². The number of rotatable bonds is 7. The SMILES string of the molecule is CCNC(=NCc1ccnc(OC)c1)NCC(C)(O)c1cc(C)oc1C. The van der Waals surface area contributed by atoms with E-state index in [0.717, 1.165) is 29.2 Å². The van der Waals surface area contributed by atoms with Gasteiger partial charge in [-0.15, -0.1) is 0 Å². The molecule has 3 N–H and O–H groups in total. The normalized spacial score (nSPS) is 14.0. The van der Waals surface area contributed by atoms with Crippen molar-refractivity contribution in [2.24, 2.45) is 4.99 Å². The quantitative estimate of drug-likeness (QED) is 0.518. The van der Waals surface area contributed by atoms with Crippen molar-refractivity contribution in [1.29, 1.82) is 0 Å². The molecule has 0 radical (unpaired) electrons. The molecule has 0 fully saturated rings. The van der Waals surface area contributed by atoms with E-state index in [9.17, 15) is 5.11 Å². The molecule has 0 saturated carbocycles. The molecular weight excluding hydrogens is 332 g/mol. The van der Waals surface area contributed by atoms with Gasteiger partial charge in [-0.1, -0.05) is 0 Å². The molecule has 0 saturated heterocycles. The molecule has 0 aromatic carbocycles. The Balaban J connectivity index is 2.05. The van der Waals surface area contributed by atoms with Crippen molar-refractivity contribution < 1.29 is 14.3 Å². The summed E-state index contributed by atoms with van der Waals surface area (Å²) in [5, 5.41) is 17.2. The summed E-state index contributed by atoms with van der Waals surface area (Å²) in [6.45, 7) is 8.97. The summed E-state index contributed by atoms with van der Waals surface area (Å²) in [4.78, 5) is 8.65. The molecule has 0 bridgehead atoms. The highest BCUT2D eigenvalue weighted by Gasteiger charge is 2.27. The van der Waals surface area contributed by atoms with Crippen LogP contribution in [0.3, 0.4) is 0 Å². The van der Waals surface area contributed by atoms with Gasteiger partial charge >= 0.3 is 0 Å². The fourth-order valence-electron chi connectivity index (χ4n) is 2.69. The summed E-state index contributed by atoms with van der Waals surface area (Å²) in [5.41, 5.74) is 0.692. The molecule has 0 aliphatic heterocycles. The first-order chi connectivity index (χ1) is 12.4. The lowest BCUT2D eigenvalue weighted by molar-refractivity contribution is 0.0601. The molecule has 1 atom stereocenters. The third kappa shape index (κ3) is 5.23. The molecular formula is C19H28N4O3. The zero-order chi connectivity index (χ0) is 19.2. The summed E-state index contributed by atoms with van der Waals surface area (Å²) in [7, 11) is 1.59. The Morgan fingerprint density at radius 3 is 2.73 bits per heavy atom. The number of furan rings is 1. The van der Waals surface area contributed by atoms with Crippen LogP contribution in [-0.4, -0.2) is 36.2 Å². The van der Waals surface area contributed by atoms with Crippen molar-refractivity contribution in [2.45, 2.75) is 39.8 Å². The van der Waals surface area contributed by atoms with E-state index < -0.39 is 5.60 Å². The highest BCUT2D eigenvalue weighted by atomic mass is 16.5. The van der Waals surface area contributed by atoms with Gasteiger partial charge in [-0.25, -0.2) is 9.98 Å². The van der Waals surface area contributed by atoms with Gasteiger partial charge in [-0.05, 0) is 45.4 Å². The topological polar surface area (TPSA) is 91.9 Å². The number of guanidine groups is 1. The standard InChI is InChI=1S/C19H28N4O3/c1-6-20-18(22-11-15-7-8-21-17(10-15)25-5)23-12-19(4,24)16-9-13(2)26-14(16)3/h7-10,24H,6,11-12H2,1-5H3,(H2,20,22,23). The molecule has 2 aromatic heterocycles. The van der Waals surface area contributed by atoms with Crippen LogP contribution in [0.5, 0.6) is 5.88 Å². The number of hydrogen-bond donors (Lipinski definition) is 3. The first kappa shape index (κ1) is 19.8. The molecule has 0 aliphatic rings. The Morgan fingerprint density at radius 2 is 2.12 bits per heavy atom. The minimum absolute atomic E-state index is 0.304. The molecule has 7 heteroatoms. The average Bonchev–Trinajstić information content (AvgIpc) is 2.97. The molecule has 0 aliphatic carbocycles. The van der Waals surface area contributed by atoms with E-state index in [1.807, 2.05) is 39.0 Å². The van der Waals surface area contributed by atoms with Crippen LogP contribution in [0.25, 0.3) is 0 Å². The van der Waals surface area contributed by atoms with Gasteiger partial charge < -0.3 is 24.9 Å². The van der Waals surface area contributed by atoms with E-state index in [2.05, 4.69) is 20.6 Å². The second kappa shape index (κ2) is 8.71. The molecule has 26 heavy (non-hydrogen) atoms. The molecule has 2 heterocycles. The molecule has 2 aromatic rings. The zero-order valence-corrected chi connectivity index (χ0v) is 16.1. The number of aliphatic imine (C=N–C) groups is 1. The van der Waals surface area contributed by atoms with Gasteiger partial charge in [0.15, 0.2) is 5.96 Å². The van der Waals surface area contributed by atoms with Gasteiger partial charge in [0.2, 0.25) is 5.88 Å². The van der Waals surface area contributed by atoms with E-state index in [1.165, 1.54) is 0 Å². The Labute approximate surface area is 154 Å². The number of nitrogens with zero attached hydrogens (tertiary/aromatic N) is 2. The van der Waals surface area contributed by atoms with Crippen molar-refractivity contribution in [1.82, 2.24) is 15.6 Å². The van der Waals surface area contributed by atoms with Gasteiger partial charge in [0, 0.05) is 24.4 Å². The highest BCUT2D eigenvalue weighted by Crippen LogP contribution is 2.26. The van der Waals surface area contributed by atoms with Crippen molar-refractivity contribution in [3.8, 4) is 5.88 Å². The van der Waals surface area contributed by atoms with Gasteiger partial charge in [0.1, 0.15) is 17.1 Å². The van der Waals surface area contributed by atoms with Crippen LogP contribution in [0.15, 0.2) is 33.8 Å². The average molecular weight is 360 g/mol. The van der Waals surface area contributed by atoms with E-state index in [0.29, 0.717) is 24.9 Å². The lowest BCUT2D eigenvalue weighted by Crippen LogP contribution is -2.44. The Bertz CT molecular complexity index is 753.